The highest BCUT2D eigenvalue weighted by Crippen LogP contribution is 2.41. The van der Waals surface area contributed by atoms with Gasteiger partial charge in [0, 0.05) is 6.42 Å². The van der Waals surface area contributed by atoms with Crippen molar-refractivity contribution in [1.29, 1.82) is 0 Å². The summed E-state index contributed by atoms with van der Waals surface area (Å²) in [4.78, 5) is 23.0. The van der Waals surface area contributed by atoms with Crippen LogP contribution >= 0.6 is 0 Å². The van der Waals surface area contributed by atoms with Crippen LogP contribution in [0.15, 0.2) is 0 Å². The minimum absolute atomic E-state index is 0.0795. The molecule has 2 aliphatic carbocycles. The molecule has 2 rings (SSSR count). The molecule has 4 heteroatoms. The van der Waals surface area contributed by atoms with Crippen molar-refractivity contribution in [3.8, 4) is 0 Å². The molecule has 20 heavy (non-hydrogen) atoms. The van der Waals surface area contributed by atoms with E-state index in [1.807, 2.05) is 0 Å². The van der Waals surface area contributed by atoms with Gasteiger partial charge in [0.05, 0.1) is 0 Å². The van der Waals surface area contributed by atoms with Crippen molar-refractivity contribution in [3.05, 3.63) is 0 Å². The largest absolute Gasteiger partial charge is 0.480 e. The summed E-state index contributed by atoms with van der Waals surface area (Å²) in [7, 11) is 0. The number of rotatable bonds is 4. The molecule has 2 N–H and O–H groups in total. The molecule has 0 aliphatic heterocycles. The van der Waals surface area contributed by atoms with Crippen molar-refractivity contribution in [3.63, 3.8) is 0 Å². The minimum atomic E-state index is -0.931. The second kappa shape index (κ2) is 5.38. The zero-order chi connectivity index (χ0) is 15.0. The normalized spacial score (nSPS) is 28.8. The maximum atomic E-state index is 12.0. The van der Waals surface area contributed by atoms with Gasteiger partial charge in [0.2, 0.25) is 5.91 Å². The second-order valence-electron chi connectivity index (χ2n) is 7.72. The molecule has 0 saturated heterocycles. The van der Waals surface area contributed by atoms with E-state index >= 15 is 0 Å². The van der Waals surface area contributed by atoms with E-state index in [1.165, 1.54) is 12.8 Å². The fraction of sp³-hybridized carbons (Fsp3) is 0.875. The quantitative estimate of drug-likeness (QED) is 0.832. The molecule has 0 aromatic rings. The number of hydrogen-bond acceptors (Lipinski definition) is 2. The third kappa shape index (κ3) is 3.53. The molecule has 114 valence electrons. The van der Waals surface area contributed by atoms with Crippen LogP contribution in [0.2, 0.25) is 0 Å². The fourth-order valence-corrected chi connectivity index (χ4v) is 3.33. The predicted octanol–water partition coefficient (Wildman–Crippen LogP) is 2.96. The van der Waals surface area contributed by atoms with E-state index in [0.717, 1.165) is 18.8 Å². The number of carboxylic acids is 1. The van der Waals surface area contributed by atoms with Crippen LogP contribution in [0.5, 0.6) is 0 Å². The zero-order valence-electron chi connectivity index (χ0n) is 12.9. The van der Waals surface area contributed by atoms with E-state index in [-0.39, 0.29) is 5.91 Å². The summed E-state index contributed by atoms with van der Waals surface area (Å²) in [5.41, 5.74) is -0.575. The second-order valence-corrected chi connectivity index (χ2v) is 7.72. The Hall–Kier alpha value is -1.06. The molecule has 0 unspecified atom stereocenters. The molecule has 0 bridgehead atoms. The number of hydrogen-bond donors (Lipinski definition) is 2. The average molecular weight is 281 g/mol. The molecular formula is C16H27NO3. The molecule has 1 amide bonds. The van der Waals surface area contributed by atoms with Crippen molar-refractivity contribution in [2.45, 2.75) is 71.3 Å². The Balaban J connectivity index is 1.76. The Bertz CT molecular complexity index is 385. The van der Waals surface area contributed by atoms with Crippen molar-refractivity contribution in [2.24, 2.45) is 17.3 Å². The maximum Gasteiger partial charge on any atom is 0.329 e. The number of aliphatic carboxylic acids is 1. The van der Waals surface area contributed by atoms with Gasteiger partial charge >= 0.3 is 5.97 Å². The van der Waals surface area contributed by atoms with E-state index in [0.29, 0.717) is 30.6 Å². The van der Waals surface area contributed by atoms with Crippen LogP contribution in [0.3, 0.4) is 0 Å². The zero-order valence-corrected chi connectivity index (χ0v) is 12.9. The van der Waals surface area contributed by atoms with Crippen LogP contribution in [0.4, 0.5) is 0 Å². The molecule has 0 spiro atoms. The molecular weight excluding hydrogens is 254 g/mol. The molecule has 2 saturated carbocycles. The summed E-state index contributed by atoms with van der Waals surface area (Å²) in [6.07, 6.45) is 6.20. The standard InChI is InChI=1S/C16H27NO3/c1-15(2,3)12-6-4-11(5-7-12)10-13(18)17-16(8-9-16)14(19)20/h11-12H,4-10H2,1-3H3,(H,17,18)(H,19,20). The number of carbonyl (C=O) groups is 2. The Morgan fingerprint density at radius 2 is 1.70 bits per heavy atom. The number of carboxylic acid groups (broad SMARTS) is 1. The molecule has 0 atom stereocenters. The van der Waals surface area contributed by atoms with Gasteiger partial charge in [0.1, 0.15) is 5.54 Å². The highest BCUT2D eigenvalue weighted by Gasteiger charge is 2.51. The van der Waals surface area contributed by atoms with Gasteiger partial charge in [0.25, 0.3) is 0 Å². The van der Waals surface area contributed by atoms with Crippen molar-refractivity contribution < 1.29 is 14.7 Å². The predicted molar refractivity (Wildman–Crippen MR) is 77.3 cm³/mol. The molecule has 0 aromatic carbocycles. The third-order valence-corrected chi connectivity index (χ3v) is 5.08. The van der Waals surface area contributed by atoms with Crippen molar-refractivity contribution >= 4 is 11.9 Å². The lowest BCUT2D eigenvalue weighted by atomic mass is 9.69. The first-order chi connectivity index (χ1) is 9.23. The Kier molecular flexibility index (Phi) is 4.12. The first-order valence-corrected chi connectivity index (χ1v) is 7.77. The highest BCUT2D eigenvalue weighted by molar-refractivity contribution is 5.89. The lowest BCUT2D eigenvalue weighted by Gasteiger charge is -2.36. The van der Waals surface area contributed by atoms with Gasteiger partial charge in [-0.1, -0.05) is 20.8 Å². The third-order valence-electron chi connectivity index (χ3n) is 5.08. The van der Waals surface area contributed by atoms with Gasteiger partial charge in [-0.25, -0.2) is 4.79 Å². The Morgan fingerprint density at radius 3 is 2.10 bits per heavy atom. The van der Waals surface area contributed by atoms with Gasteiger partial charge in [-0.2, -0.15) is 0 Å². The monoisotopic (exact) mass is 281 g/mol. The first kappa shape index (κ1) is 15.3. The Labute approximate surface area is 121 Å². The topological polar surface area (TPSA) is 66.4 Å². The van der Waals surface area contributed by atoms with Gasteiger partial charge < -0.3 is 10.4 Å². The maximum absolute atomic E-state index is 12.0. The molecule has 2 aliphatic rings. The van der Waals surface area contributed by atoms with Crippen LogP contribution in [0, 0.1) is 17.3 Å². The first-order valence-electron chi connectivity index (χ1n) is 7.77. The summed E-state index contributed by atoms with van der Waals surface area (Å²) < 4.78 is 0. The average Bonchev–Trinajstić information content (AvgIpc) is 3.09. The SMILES string of the molecule is CC(C)(C)C1CCC(CC(=O)NC2(C(=O)O)CC2)CC1. The van der Waals surface area contributed by atoms with Gasteiger partial charge in [-0.05, 0) is 55.8 Å². The molecule has 0 heterocycles. The summed E-state index contributed by atoms with van der Waals surface area (Å²) in [5.74, 6) is 0.209. The Morgan fingerprint density at radius 1 is 1.15 bits per heavy atom. The van der Waals surface area contributed by atoms with Gasteiger partial charge in [-0.15, -0.1) is 0 Å². The number of nitrogens with one attached hydrogen (secondary N) is 1. The summed E-state index contributed by atoms with van der Waals surface area (Å²) >= 11 is 0. The number of amides is 1. The van der Waals surface area contributed by atoms with E-state index in [4.69, 9.17) is 5.11 Å². The molecule has 4 nitrogen and oxygen atoms in total. The minimum Gasteiger partial charge on any atom is -0.480 e. The summed E-state index contributed by atoms with van der Waals surface area (Å²) in [6, 6.07) is 0. The summed E-state index contributed by atoms with van der Waals surface area (Å²) in [5, 5.41) is 11.8. The smallest absolute Gasteiger partial charge is 0.329 e. The van der Waals surface area contributed by atoms with Gasteiger partial charge in [0.15, 0.2) is 0 Å². The summed E-state index contributed by atoms with van der Waals surface area (Å²) in [6.45, 7) is 6.86. The van der Waals surface area contributed by atoms with Crippen molar-refractivity contribution in [2.75, 3.05) is 0 Å². The fourth-order valence-electron chi connectivity index (χ4n) is 3.33. The van der Waals surface area contributed by atoms with Crippen LogP contribution < -0.4 is 5.32 Å². The number of carbonyl (C=O) groups excluding carboxylic acids is 1. The van der Waals surface area contributed by atoms with Crippen LogP contribution in [0.25, 0.3) is 0 Å². The van der Waals surface area contributed by atoms with Crippen LogP contribution in [0.1, 0.15) is 65.7 Å². The van der Waals surface area contributed by atoms with Crippen molar-refractivity contribution in [1.82, 2.24) is 5.32 Å². The van der Waals surface area contributed by atoms with Crippen LogP contribution in [-0.2, 0) is 9.59 Å². The lowest BCUT2D eigenvalue weighted by Crippen LogP contribution is -2.43. The lowest BCUT2D eigenvalue weighted by molar-refractivity contribution is -0.143. The molecule has 0 radical (unpaired) electrons. The molecule has 0 aromatic heterocycles. The highest BCUT2D eigenvalue weighted by atomic mass is 16.4. The van der Waals surface area contributed by atoms with E-state index in [9.17, 15) is 9.59 Å². The van der Waals surface area contributed by atoms with Gasteiger partial charge in [-0.3, -0.25) is 4.79 Å². The van der Waals surface area contributed by atoms with Crippen LogP contribution in [-0.4, -0.2) is 22.5 Å². The van der Waals surface area contributed by atoms with E-state index < -0.39 is 11.5 Å². The van der Waals surface area contributed by atoms with E-state index in [2.05, 4.69) is 26.1 Å². The molecule has 2 fully saturated rings. The van der Waals surface area contributed by atoms with E-state index in [1.54, 1.807) is 0 Å².